The van der Waals surface area contributed by atoms with Crippen molar-refractivity contribution < 1.29 is 19.0 Å². The first-order valence-electron chi connectivity index (χ1n) is 12.0. The van der Waals surface area contributed by atoms with Crippen LogP contribution in [0.3, 0.4) is 0 Å². The summed E-state index contributed by atoms with van der Waals surface area (Å²) in [7, 11) is 3.27. The number of H-pyrrole nitrogens is 1. The van der Waals surface area contributed by atoms with E-state index in [0.717, 1.165) is 40.1 Å². The summed E-state index contributed by atoms with van der Waals surface area (Å²) in [4.78, 5) is 15.6. The first-order chi connectivity index (χ1) is 17.6. The van der Waals surface area contributed by atoms with Gasteiger partial charge in [-0.3, -0.25) is 9.89 Å². The highest BCUT2D eigenvalue weighted by atomic mass is 16.5. The van der Waals surface area contributed by atoms with E-state index in [1.165, 1.54) is 0 Å². The van der Waals surface area contributed by atoms with Crippen LogP contribution in [-0.2, 0) is 6.54 Å². The zero-order valence-corrected chi connectivity index (χ0v) is 20.7. The number of amides is 1. The Morgan fingerprint density at radius 3 is 2.42 bits per heavy atom. The maximum absolute atomic E-state index is 13.7. The highest BCUT2D eigenvalue weighted by Crippen LogP contribution is 2.45. The largest absolute Gasteiger partial charge is 0.497 e. The van der Waals surface area contributed by atoms with Gasteiger partial charge in [0.25, 0.3) is 5.91 Å². The molecule has 1 N–H and O–H groups in total. The molecule has 0 fully saturated rings. The minimum atomic E-state index is -0.349. The lowest BCUT2D eigenvalue weighted by Gasteiger charge is -2.27. The van der Waals surface area contributed by atoms with Crippen LogP contribution in [0, 0.1) is 0 Å². The summed E-state index contributed by atoms with van der Waals surface area (Å²) in [5.41, 5.74) is 4.98. The van der Waals surface area contributed by atoms with E-state index in [4.69, 9.17) is 14.2 Å². The molecule has 1 amide bonds. The number of fused-ring (bicyclic) bond motifs is 1. The van der Waals surface area contributed by atoms with Crippen LogP contribution in [0.2, 0.25) is 0 Å². The normalized spacial score (nSPS) is 14.6. The zero-order chi connectivity index (χ0) is 25.1. The molecule has 0 saturated heterocycles. The van der Waals surface area contributed by atoms with Gasteiger partial charge in [-0.2, -0.15) is 5.10 Å². The number of rotatable bonds is 9. The molecule has 1 unspecified atom stereocenters. The molecule has 1 atom stereocenters. The quantitative estimate of drug-likeness (QED) is 0.334. The van der Waals surface area contributed by atoms with Crippen molar-refractivity contribution >= 4 is 5.91 Å². The summed E-state index contributed by atoms with van der Waals surface area (Å²) in [6.45, 7) is 3.13. The average molecular weight is 484 g/mol. The van der Waals surface area contributed by atoms with Gasteiger partial charge in [-0.25, -0.2) is 0 Å². The lowest BCUT2D eigenvalue weighted by atomic mass is 9.95. The highest BCUT2D eigenvalue weighted by molar-refractivity contribution is 6.00. The molecule has 5 rings (SSSR count). The second kappa shape index (κ2) is 10.2. The molecule has 7 nitrogen and oxygen atoms in total. The Hall–Kier alpha value is -4.26. The molecule has 0 saturated carbocycles. The maximum Gasteiger partial charge on any atom is 0.273 e. The molecule has 184 valence electrons. The second-order valence-corrected chi connectivity index (χ2v) is 8.67. The van der Waals surface area contributed by atoms with E-state index in [0.29, 0.717) is 30.3 Å². The van der Waals surface area contributed by atoms with Crippen LogP contribution >= 0.6 is 0 Å². The first-order valence-corrected chi connectivity index (χ1v) is 12.0. The van der Waals surface area contributed by atoms with Crippen LogP contribution in [0.5, 0.6) is 17.2 Å². The van der Waals surface area contributed by atoms with Crippen molar-refractivity contribution in [2.45, 2.75) is 25.9 Å². The summed E-state index contributed by atoms with van der Waals surface area (Å²) in [6, 6.07) is 23.2. The van der Waals surface area contributed by atoms with Gasteiger partial charge in [0.15, 0.2) is 11.5 Å². The number of benzene rings is 3. The predicted molar refractivity (Wildman–Crippen MR) is 138 cm³/mol. The van der Waals surface area contributed by atoms with Gasteiger partial charge >= 0.3 is 0 Å². The fourth-order valence-corrected chi connectivity index (χ4v) is 4.64. The lowest BCUT2D eigenvalue weighted by molar-refractivity contribution is 0.0730. The number of carbonyl (C=O) groups is 1. The molecule has 4 aromatic rings. The number of hydrogen-bond acceptors (Lipinski definition) is 5. The summed E-state index contributed by atoms with van der Waals surface area (Å²) in [5.74, 6) is 1.99. The van der Waals surface area contributed by atoms with Crippen LogP contribution in [-0.4, -0.2) is 41.8 Å². The van der Waals surface area contributed by atoms with E-state index in [9.17, 15) is 4.79 Å². The lowest BCUT2D eigenvalue weighted by Crippen LogP contribution is -2.29. The molecular formula is C29H29N3O4. The Morgan fingerprint density at radius 2 is 1.72 bits per heavy atom. The molecule has 1 aromatic heterocycles. The van der Waals surface area contributed by atoms with Crippen molar-refractivity contribution in [2.75, 3.05) is 20.8 Å². The number of nitrogens with zero attached hydrogens (tertiary/aromatic N) is 2. The van der Waals surface area contributed by atoms with Gasteiger partial charge in [0.1, 0.15) is 11.4 Å². The van der Waals surface area contributed by atoms with Crippen LogP contribution in [0.4, 0.5) is 0 Å². The van der Waals surface area contributed by atoms with Gasteiger partial charge < -0.3 is 19.1 Å². The number of methoxy groups -OCH3 is 2. The zero-order valence-electron chi connectivity index (χ0n) is 20.7. The van der Waals surface area contributed by atoms with Crippen molar-refractivity contribution in [3.63, 3.8) is 0 Å². The fourth-order valence-electron chi connectivity index (χ4n) is 4.64. The van der Waals surface area contributed by atoms with Crippen LogP contribution in [0.1, 0.15) is 46.6 Å². The third-order valence-electron chi connectivity index (χ3n) is 6.39. The van der Waals surface area contributed by atoms with E-state index < -0.39 is 0 Å². The second-order valence-electron chi connectivity index (χ2n) is 8.67. The minimum Gasteiger partial charge on any atom is -0.497 e. The molecule has 0 spiro atoms. The monoisotopic (exact) mass is 483 g/mol. The molecule has 0 aliphatic carbocycles. The summed E-state index contributed by atoms with van der Waals surface area (Å²) < 4.78 is 16.9. The minimum absolute atomic E-state index is 0.0867. The molecule has 36 heavy (non-hydrogen) atoms. The molecule has 7 heteroatoms. The van der Waals surface area contributed by atoms with Crippen LogP contribution in [0.15, 0.2) is 72.8 Å². The van der Waals surface area contributed by atoms with Gasteiger partial charge in [0, 0.05) is 17.7 Å². The van der Waals surface area contributed by atoms with E-state index in [1.54, 1.807) is 14.2 Å². The van der Waals surface area contributed by atoms with Gasteiger partial charge in [-0.15, -0.1) is 0 Å². The van der Waals surface area contributed by atoms with Crippen molar-refractivity contribution in [3.05, 3.63) is 95.2 Å². The summed E-state index contributed by atoms with van der Waals surface area (Å²) >= 11 is 0. The van der Waals surface area contributed by atoms with Gasteiger partial charge in [-0.05, 0) is 53.9 Å². The van der Waals surface area contributed by atoms with Crippen molar-refractivity contribution in [2.24, 2.45) is 0 Å². The van der Waals surface area contributed by atoms with Gasteiger partial charge in [0.2, 0.25) is 0 Å². The fraction of sp³-hybridized carbons (Fsp3) is 0.241. The number of aromatic nitrogens is 2. The Labute approximate surface area is 210 Å². The van der Waals surface area contributed by atoms with Gasteiger partial charge in [-0.1, -0.05) is 43.3 Å². The van der Waals surface area contributed by atoms with Gasteiger partial charge in [0.05, 0.1) is 32.6 Å². The standard InChI is InChI=1S/C29H29N3O4/c1-4-16-36-23-15-12-21(17-24(23)35-3)28-25-26(20-10-13-22(34-2)14-11-20)30-31-27(25)29(33)32(28)18-19-8-6-5-7-9-19/h5-15,17,28H,4,16,18H2,1-3H3,(H,30,31). The first kappa shape index (κ1) is 23.5. The predicted octanol–water partition coefficient (Wildman–Crippen LogP) is 5.63. The van der Waals surface area contributed by atoms with Crippen LogP contribution < -0.4 is 14.2 Å². The summed E-state index contributed by atoms with van der Waals surface area (Å²) in [5, 5.41) is 7.58. The average Bonchev–Trinajstić information content (AvgIpc) is 3.47. The smallest absolute Gasteiger partial charge is 0.273 e. The number of hydrogen-bond donors (Lipinski definition) is 1. The van der Waals surface area contributed by atoms with Crippen molar-refractivity contribution in [1.82, 2.24) is 15.1 Å². The molecule has 2 heterocycles. The van der Waals surface area contributed by atoms with Crippen molar-refractivity contribution in [1.29, 1.82) is 0 Å². The Balaban J connectivity index is 1.62. The Bertz CT molecular complexity index is 1350. The number of nitrogens with one attached hydrogen (secondary N) is 1. The van der Waals surface area contributed by atoms with Crippen molar-refractivity contribution in [3.8, 4) is 28.5 Å². The molecule has 1 aliphatic heterocycles. The molecule has 3 aromatic carbocycles. The SMILES string of the molecule is CCCOc1ccc(C2c3c(-c4ccc(OC)cc4)n[nH]c3C(=O)N2Cc2ccccc2)cc1OC. The van der Waals surface area contributed by atoms with Crippen LogP contribution in [0.25, 0.3) is 11.3 Å². The van der Waals surface area contributed by atoms with E-state index in [2.05, 4.69) is 17.1 Å². The van der Waals surface area contributed by atoms with E-state index >= 15 is 0 Å². The third kappa shape index (κ3) is 4.28. The topological polar surface area (TPSA) is 76.7 Å². The number of ether oxygens (including phenoxy) is 3. The highest BCUT2D eigenvalue weighted by Gasteiger charge is 2.42. The number of aromatic amines is 1. The number of carbonyl (C=O) groups excluding carboxylic acids is 1. The van der Waals surface area contributed by atoms with E-state index in [1.807, 2.05) is 77.7 Å². The summed E-state index contributed by atoms with van der Waals surface area (Å²) in [6.07, 6.45) is 0.899. The molecule has 0 radical (unpaired) electrons. The molecule has 0 bridgehead atoms. The Morgan fingerprint density at radius 1 is 0.944 bits per heavy atom. The third-order valence-corrected chi connectivity index (χ3v) is 6.39. The van der Waals surface area contributed by atoms with E-state index in [-0.39, 0.29) is 11.9 Å². The molecular weight excluding hydrogens is 454 g/mol. The maximum atomic E-state index is 13.7. The Kier molecular flexibility index (Phi) is 6.62. The molecule has 1 aliphatic rings.